The summed E-state index contributed by atoms with van der Waals surface area (Å²) in [7, 11) is 0. The highest BCUT2D eigenvalue weighted by molar-refractivity contribution is 9.10. The van der Waals surface area contributed by atoms with Crippen LogP contribution >= 0.6 is 27.5 Å². The Labute approximate surface area is 291 Å². The normalized spacial score (nSPS) is 21.1. The van der Waals surface area contributed by atoms with Crippen molar-refractivity contribution in [2.45, 2.75) is 38.1 Å². The average Bonchev–Trinajstić information content (AvgIpc) is 3.65. The molecule has 4 aromatic rings. The highest BCUT2D eigenvalue weighted by atomic mass is 79.9. The minimum absolute atomic E-state index is 0.0681. The third-order valence-electron chi connectivity index (χ3n) is 10.7. The minimum Gasteiger partial charge on any atom is -0.338 e. The zero-order valence-electron chi connectivity index (χ0n) is 26.7. The molecule has 3 heterocycles. The van der Waals surface area contributed by atoms with Crippen LogP contribution in [0.15, 0.2) is 108 Å². The second kappa shape index (κ2) is 14.0. The maximum atomic E-state index is 13.8. The first kappa shape index (κ1) is 32.1. The molecule has 1 spiro atoms. The molecule has 2 atom stereocenters. The molecule has 3 aliphatic heterocycles. The van der Waals surface area contributed by atoms with Gasteiger partial charge >= 0.3 is 0 Å². The molecule has 242 valence electrons. The van der Waals surface area contributed by atoms with Crippen molar-refractivity contribution < 1.29 is 9.59 Å². The summed E-state index contributed by atoms with van der Waals surface area (Å²) >= 11 is 9.59. The topological polar surface area (TPSA) is 43.9 Å². The highest BCUT2D eigenvalue weighted by Crippen LogP contribution is 2.43. The zero-order valence-corrected chi connectivity index (χ0v) is 29.0. The standard InChI is InChI=1S/C40H41BrClN3O2/c41-35-14-10-30(11-15-35)24-29-6-8-31(9-7-29)25-44-23-20-40(39(44)47)18-21-43(22-19-40)26-34-27-45(28-37(34)32-4-2-1-3-5-32)38(46)33-12-16-36(42)17-13-33/h1-17,34,37H,18-28H2/t34-,37+/m0/s1. The minimum atomic E-state index is -0.233. The zero-order chi connectivity index (χ0) is 32.4. The van der Waals surface area contributed by atoms with Crippen LogP contribution in [0.1, 0.15) is 57.8 Å². The van der Waals surface area contributed by atoms with E-state index in [0.29, 0.717) is 35.5 Å². The number of benzene rings is 4. The van der Waals surface area contributed by atoms with Gasteiger partial charge in [0, 0.05) is 53.7 Å². The van der Waals surface area contributed by atoms with Gasteiger partial charge in [-0.25, -0.2) is 0 Å². The predicted molar refractivity (Wildman–Crippen MR) is 192 cm³/mol. The van der Waals surface area contributed by atoms with Crippen LogP contribution in [-0.2, 0) is 17.8 Å². The molecule has 2 amide bonds. The molecule has 5 nitrogen and oxygen atoms in total. The lowest BCUT2D eigenvalue weighted by Gasteiger charge is -2.39. The Morgan fingerprint density at radius 2 is 1.38 bits per heavy atom. The van der Waals surface area contributed by atoms with Gasteiger partial charge in [-0.15, -0.1) is 0 Å². The molecule has 4 aromatic carbocycles. The summed E-state index contributed by atoms with van der Waals surface area (Å²) in [5.41, 5.74) is 5.50. The lowest BCUT2D eigenvalue weighted by Crippen LogP contribution is -2.46. The van der Waals surface area contributed by atoms with Crippen LogP contribution < -0.4 is 0 Å². The van der Waals surface area contributed by atoms with Gasteiger partial charge in [0.2, 0.25) is 5.91 Å². The van der Waals surface area contributed by atoms with Crippen LogP contribution in [-0.4, -0.2) is 65.8 Å². The number of rotatable bonds is 8. The summed E-state index contributed by atoms with van der Waals surface area (Å²) in [4.78, 5) is 33.9. The molecule has 7 rings (SSSR count). The van der Waals surface area contributed by atoms with E-state index < -0.39 is 0 Å². The van der Waals surface area contributed by atoms with Crippen LogP contribution in [0.3, 0.4) is 0 Å². The molecule has 0 aromatic heterocycles. The summed E-state index contributed by atoms with van der Waals surface area (Å²) in [6.07, 6.45) is 3.66. The molecule has 0 N–H and O–H groups in total. The van der Waals surface area contributed by atoms with Crippen LogP contribution in [0.2, 0.25) is 5.02 Å². The Bertz CT molecular complexity index is 1690. The van der Waals surface area contributed by atoms with Crippen molar-refractivity contribution in [3.8, 4) is 0 Å². The Morgan fingerprint density at radius 3 is 2.06 bits per heavy atom. The molecule has 0 aliphatic carbocycles. The smallest absolute Gasteiger partial charge is 0.253 e. The molecular weight excluding hydrogens is 670 g/mol. The fourth-order valence-corrected chi connectivity index (χ4v) is 8.29. The third kappa shape index (κ3) is 7.20. The Morgan fingerprint density at radius 1 is 0.766 bits per heavy atom. The highest BCUT2D eigenvalue weighted by Gasteiger charge is 2.48. The van der Waals surface area contributed by atoms with Crippen molar-refractivity contribution in [3.63, 3.8) is 0 Å². The second-order valence-electron chi connectivity index (χ2n) is 13.7. The van der Waals surface area contributed by atoms with Crippen molar-refractivity contribution in [1.82, 2.24) is 14.7 Å². The maximum Gasteiger partial charge on any atom is 0.253 e. The first-order chi connectivity index (χ1) is 22.8. The number of nitrogens with zero attached hydrogens (tertiary/aromatic N) is 3. The quantitative estimate of drug-likeness (QED) is 0.186. The number of likely N-dealkylation sites (tertiary alicyclic amines) is 3. The maximum absolute atomic E-state index is 13.8. The van der Waals surface area contributed by atoms with Gasteiger partial charge in [-0.3, -0.25) is 9.59 Å². The number of halogens is 2. The molecule has 7 heteroatoms. The fourth-order valence-electron chi connectivity index (χ4n) is 7.90. The SMILES string of the molecule is O=C(c1ccc(Cl)cc1)N1C[C@H](CN2CCC3(CC2)CCN(Cc2ccc(Cc4ccc(Br)cc4)cc2)C3=O)[C@@H](c2ccccc2)C1. The van der Waals surface area contributed by atoms with Gasteiger partial charge in [-0.05, 0) is 103 Å². The lowest BCUT2D eigenvalue weighted by atomic mass is 9.76. The molecule has 0 radical (unpaired) electrons. The molecule has 0 bridgehead atoms. The van der Waals surface area contributed by atoms with Gasteiger partial charge in [0.1, 0.15) is 0 Å². The first-order valence-electron chi connectivity index (χ1n) is 16.8. The summed E-state index contributed by atoms with van der Waals surface area (Å²) in [6.45, 7) is 5.75. The Hall–Kier alpha value is -3.45. The molecular formula is C40H41BrClN3O2. The molecule has 0 unspecified atom stereocenters. The van der Waals surface area contributed by atoms with Gasteiger partial charge in [0.15, 0.2) is 0 Å². The first-order valence-corrected chi connectivity index (χ1v) is 18.0. The van der Waals surface area contributed by atoms with Gasteiger partial charge < -0.3 is 14.7 Å². The summed E-state index contributed by atoms with van der Waals surface area (Å²) in [5.74, 6) is 1.02. The summed E-state index contributed by atoms with van der Waals surface area (Å²) in [5, 5.41) is 0.636. The van der Waals surface area contributed by atoms with Crippen molar-refractivity contribution in [3.05, 3.63) is 140 Å². The molecule has 3 fully saturated rings. The average molecular weight is 711 g/mol. The van der Waals surface area contributed by atoms with E-state index in [0.717, 1.165) is 62.9 Å². The lowest BCUT2D eigenvalue weighted by molar-refractivity contribution is -0.139. The number of hydrogen-bond donors (Lipinski definition) is 0. The van der Waals surface area contributed by atoms with Crippen molar-refractivity contribution in [2.75, 3.05) is 39.3 Å². The van der Waals surface area contributed by atoms with E-state index in [-0.39, 0.29) is 17.2 Å². The number of amides is 2. The van der Waals surface area contributed by atoms with Gasteiger partial charge in [0.05, 0.1) is 5.41 Å². The third-order valence-corrected chi connectivity index (χ3v) is 11.5. The predicted octanol–water partition coefficient (Wildman–Crippen LogP) is 8.06. The van der Waals surface area contributed by atoms with E-state index in [4.69, 9.17) is 11.6 Å². The summed E-state index contributed by atoms with van der Waals surface area (Å²) in [6, 6.07) is 35.1. The number of hydrogen-bond acceptors (Lipinski definition) is 3. The Balaban J connectivity index is 0.952. The number of piperidine rings is 1. The van der Waals surface area contributed by atoms with Crippen molar-refractivity contribution >= 4 is 39.3 Å². The van der Waals surface area contributed by atoms with E-state index in [1.807, 2.05) is 17.0 Å². The van der Waals surface area contributed by atoms with E-state index in [1.54, 1.807) is 12.1 Å². The van der Waals surface area contributed by atoms with Gasteiger partial charge in [0.25, 0.3) is 5.91 Å². The second-order valence-corrected chi connectivity index (χ2v) is 15.0. The van der Waals surface area contributed by atoms with E-state index in [2.05, 4.69) is 105 Å². The Kier molecular flexibility index (Phi) is 9.54. The monoisotopic (exact) mass is 709 g/mol. The number of carbonyl (C=O) groups excluding carboxylic acids is 2. The number of carbonyl (C=O) groups is 2. The van der Waals surface area contributed by atoms with Crippen LogP contribution in [0.4, 0.5) is 0 Å². The summed E-state index contributed by atoms with van der Waals surface area (Å²) < 4.78 is 1.09. The molecule has 3 saturated heterocycles. The van der Waals surface area contributed by atoms with Crippen LogP contribution in [0.25, 0.3) is 0 Å². The van der Waals surface area contributed by atoms with Crippen LogP contribution in [0, 0.1) is 11.3 Å². The molecule has 3 aliphatic rings. The molecule has 0 saturated carbocycles. The molecule has 47 heavy (non-hydrogen) atoms. The van der Waals surface area contributed by atoms with E-state index in [9.17, 15) is 9.59 Å². The largest absolute Gasteiger partial charge is 0.338 e. The van der Waals surface area contributed by atoms with Crippen LogP contribution in [0.5, 0.6) is 0 Å². The van der Waals surface area contributed by atoms with E-state index >= 15 is 0 Å². The fraction of sp³-hybridized carbons (Fsp3) is 0.350. The van der Waals surface area contributed by atoms with Gasteiger partial charge in [-0.1, -0.05) is 94.3 Å². The van der Waals surface area contributed by atoms with E-state index in [1.165, 1.54) is 22.3 Å². The van der Waals surface area contributed by atoms with Crippen molar-refractivity contribution in [1.29, 1.82) is 0 Å². The van der Waals surface area contributed by atoms with Crippen molar-refractivity contribution in [2.24, 2.45) is 11.3 Å². The van der Waals surface area contributed by atoms with Gasteiger partial charge in [-0.2, -0.15) is 0 Å².